The number of fused-ring (bicyclic) bond motifs is 1. The van der Waals surface area contributed by atoms with E-state index >= 15 is 0 Å². The van der Waals surface area contributed by atoms with Crippen LogP contribution in [0.4, 0.5) is 18.9 Å². The van der Waals surface area contributed by atoms with E-state index < -0.39 is 29.0 Å². The number of benzene rings is 2. The zero-order valence-corrected chi connectivity index (χ0v) is 10.6. The number of anilines is 1. The number of rotatable bonds is 2. The summed E-state index contributed by atoms with van der Waals surface area (Å²) in [6, 6.07) is 7.57. The summed E-state index contributed by atoms with van der Waals surface area (Å²) in [5.74, 6) is -4.05. The smallest absolute Gasteiger partial charge is 0.255 e. The molecule has 0 aliphatic rings. The van der Waals surface area contributed by atoms with Gasteiger partial charge in [0.2, 0.25) is 0 Å². The monoisotopic (exact) mass is 290 g/mol. The van der Waals surface area contributed by atoms with Crippen LogP contribution in [0.1, 0.15) is 10.4 Å². The molecule has 0 bridgehead atoms. The number of aromatic amines is 1. The number of hydrogen-bond donors (Lipinski definition) is 2. The highest BCUT2D eigenvalue weighted by molar-refractivity contribution is 6.06. The summed E-state index contributed by atoms with van der Waals surface area (Å²) in [6.45, 7) is 0. The summed E-state index contributed by atoms with van der Waals surface area (Å²) in [6.07, 6.45) is 1.71. The number of hydrogen-bond acceptors (Lipinski definition) is 1. The van der Waals surface area contributed by atoms with Gasteiger partial charge in [-0.1, -0.05) is 0 Å². The summed E-state index contributed by atoms with van der Waals surface area (Å²) in [5, 5.41) is 2.91. The molecule has 3 nitrogen and oxygen atoms in total. The SMILES string of the molecule is O=C(Nc1c(F)cc(F)cc1F)c1ccc2[nH]ccc2c1. The Morgan fingerprint density at radius 1 is 1.00 bits per heavy atom. The highest BCUT2D eigenvalue weighted by Crippen LogP contribution is 2.22. The molecule has 6 heteroatoms. The first-order valence-electron chi connectivity index (χ1n) is 6.07. The number of halogens is 3. The zero-order valence-electron chi connectivity index (χ0n) is 10.6. The van der Waals surface area contributed by atoms with Crippen molar-refractivity contribution in [3.63, 3.8) is 0 Å². The molecular formula is C15H9F3N2O. The van der Waals surface area contributed by atoms with Crippen LogP contribution in [0, 0.1) is 17.5 Å². The fourth-order valence-electron chi connectivity index (χ4n) is 2.04. The molecule has 0 saturated carbocycles. The number of nitrogens with one attached hydrogen (secondary N) is 2. The number of carbonyl (C=O) groups is 1. The third-order valence-corrected chi connectivity index (χ3v) is 3.06. The fourth-order valence-corrected chi connectivity index (χ4v) is 2.04. The van der Waals surface area contributed by atoms with Crippen molar-refractivity contribution in [1.82, 2.24) is 4.98 Å². The van der Waals surface area contributed by atoms with E-state index in [9.17, 15) is 18.0 Å². The van der Waals surface area contributed by atoms with E-state index in [1.54, 1.807) is 24.4 Å². The maximum Gasteiger partial charge on any atom is 0.255 e. The molecule has 0 unspecified atom stereocenters. The van der Waals surface area contributed by atoms with Gasteiger partial charge in [0.15, 0.2) is 11.6 Å². The van der Waals surface area contributed by atoms with Gasteiger partial charge in [-0.05, 0) is 24.3 Å². The van der Waals surface area contributed by atoms with Gasteiger partial charge in [0, 0.05) is 34.8 Å². The van der Waals surface area contributed by atoms with Crippen LogP contribution in [0.25, 0.3) is 10.9 Å². The topological polar surface area (TPSA) is 44.9 Å². The number of carbonyl (C=O) groups excluding carboxylic acids is 1. The quantitative estimate of drug-likeness (QED) is 0.740. The van der Waals surface area contributed by atoms with Gasteiger partial charge in [0.1, 0.15) is 11.5 Å². The van der Waals surface area contributed by atoms with Gasteiger partial charge in [0.25, 0.3) is 5.91 Å². The molecule has 0 radical (unpaired) electrons. The van der Waals surface area contributed by atoms with Crippen LogP contribution in [0.15, 0.2) is 42.6 Å². The third-order valence-electron chi connectivity index (χ3n) is 3.06. The molecule has 0 spiro atoms. The summed E-state index contributed by atoms with van der Waals surface area (Å²) in [5.41, 5.74) is 0.409. The Balaban J connectivity index is 1.92. The largest absolute Gasteiger partial charge is 0.361 e. The lowest BCUT2D eigenvalue weighted by Gasteiger charge is -2.08. The molecule has 0 aliphatic carbocycles. The minimum Gasteiger partial charge on any atom is -0.361 e. The van der Waals surface area contributed by atoms with Gasteiger partial charge >= 0.3 is 0 Å². The number of aromatic nitrogens is 1. The maximum atomic E-state index is 13.5. The molecule has 3 aromatic rings. The molecule has 1 amide bonds. The van der Waals surface area contributed by atoms with E-state index in [1.807, 2.05) is 0 Å². The lowest BCUT2D eigenvalue weighted by Crippen LogP contribution is -2.14. The molecule has 1 aromatic heterocycles. The summed E-state index contributed by atoms with van der Waals surface area (Å²) >= 11 is 0. The van der Waals surface area contributed by atoms with Crippen molar-refractivity contribution in [1.29, 1.82) is 0 Å². The predicted molar refractivity (Wildman–Crippen MR) is 72.6 cm³/mol. The van der Waals surface area contributed by atoms with Crippen LogP contribution in [-0.4, -0.2) is 10.9 Å². The fraction of sp³-hybridized carbons (Fsp3) is 0. The first-order chi connectivity index (χ1) is 10.0. The molecule has 3 rings (SSSR count). The van der Waals surface area contributed by atoms with Gasteiger partial charge in [0.05, 0.1) is 0 Å². The van der Waals surface area contributed by atoms with Crippen molar-refractivity contribution in [3.05, 3.63) is 65.6 Å². The maximum absolute atomic E-state index is 13.5. The van der Waals surface area contributed by atoms with Gasteiger partial charge in [-0.15, -0.1) is 0 Å². The van der Waals surface area contributed by atoms with E-state index in [1.165, 1.54) is 6.07 Å². The Morgan fingerprint density at radius 3 is 2.43 bits per heavy atom. The van der Waals surface area contributed by atoms with Crippen molar-refractivity contribution in [2.24, 2.45) is 0 Å². The minimum absolute atomic E-state index is 0.241. The van der Waals surface area contributed by atoms with Crippen LogP contribution in [-0.2, 0) is 0 Å². The highest BCUT2D eigenvalue weighted by Gasteiger charge is 2.15. The standard InChI is InChI=1S/C15H9F3N2O/c16-10-6-11(17)14(12(18)7-10)20-15(21)9-1-2-13-8(5-9)3-4-19-13/h1-7,19H,(H,20,21). The molecule has 0 fully saturated rings. The first-order valence-corrected chi connectivity index (χ1v) is 6.07. The van der Waals surface area contributed by atoms with Crippen molar-refractivity contribution in [2.45, 2.75) is 0 Å². The van der Waals surface area contributed by atoms with E-state index in [0.29, 0.717) is 12.1 Å². The number of H-pyrrole nitrogens is 1. The highest BCUT2D eigenvalue weighted by atomic mass is 19.1. The Bertz CT molecular complexity index is 819. The molecule has 0 aliphatic heterocycles. The summed E-state index contributed by atoms with van der Waals surface area (Å²) < 4.78 is 39.8. The second kappa shape index (κ2) is 4.97. The van der Waals surface area contributed by atoms with Crippen molar-refractivity contribution in [2.75, 3.05) is 5.32 Å². The van der Waals surface area contributed by atoms with Crippen molar-refractivity contribution < 1.29 is 18.0 Å². The normalized spacial score (nSPS) is 10.8. The van der Waals surface area contributed by atoms with Gasteiger partial charge in [-0.25, -0.2) is 13.2 Å². The lowest BCUT2D eigenvalue weighted by atomic mass is 10.1. The molecular weight excluding hydrogens is 281 g/mol. The van der Waals surface area contributed by atoms with Crippen molar-refractivity contribution in [3.8, 4) is 0 Å². The van der Waals surface area contributed by atoms with Crippen LogP contribution >= 0.6 is 0 Å². The van der Waals surface area contributed by atoms with E-state index in [0.717, 1.165) is 10.9 Å². The summed E-state index contributed by atoms with van der Waals surface area (Å²) in [4.78, 5) is 15.0. The molecule has 21 heavy (non-hydrogen) atoms. The molecule has 0 saturated heterocycles. The Kier molecular flexibility index (Phi) is 3.13. The Hall–Kier alpha value is -2.76. The van der Waals surface area contributed by atoms with Crippen LogP contribution in [0.3, 0.4) is 0 Å². The molecule has 2 aromatic carbocycles. The van der Waals surface area contributed by atoms with Gasteiger partial charge in [-0.3, -0.25) is 4.79 Å². The zero-order chi connectivity index (χ0) is 15.0. The third kappa shape index (κ3) is 2.47. The average molecular weight is 290 g/mol. The second-order valence-corrected chi connectivity index (χ2v) is 4.48. The molecule has 0 atom stereocenters. The minimum atomic E-state index is -1.16. The molecule has 106 valence electrons. The van der Waals surface area contributed by atoms with Gasteiger partial charge < -0.3 is 10.3 Å². The Labute approximate surface area is 117 Å². The molecule has 2 N–H and O–H groups in total. The second-order valence-electron chi connectivity index (χ2n) is 4.48. The van der Waals surface area contributed by atoms with Crippen LogP contribution in [0.2, 0.25) is 0 Å². The first kappa shape index (κ1) is 13.2. The predicted octanol–water partition coefficient (Wildman–Crippen LogP) is 3.84. The van der Waals surface area contributed by atoms with Gasteiger partial charge in [-0.2, -0.15) is 0 Å². The molecule has 1 heterocycles. The number of amides is 1. The van der Waals surface area contributed by atoms with E-state index in [2.05, 4.69) is 10.3 Å². The summed E-state index contributed by atoms with van der Waals surface area (Å²) in [7, 11) is 0. The van der Waals surface area contributed by atoms with Crippen molar-refractivity contribution >= 4 is 22.5 Å². The van der Waals surface area contributed by atoms with E-state index in [-0.39, 0.29) is 5.56 Å². The van der Waals surface area contributed by atoms with E-state index in [4.69, 9.17) is 0 Å². The lowest BCUT2D eigenvalue weighted by molar-refractivity contribution is 0.102. The van der Waals surface area contributed by atoms with Crippen LogP contribution < -0.4 is 5.32 Å². The average Bonchev–Trinajstić information content (AvgIpc) is 2.89. The van der Waals surface area contributed by atoms with Crippen LogP contribution in [0.5, 0.6) is 0 Å². The Morgan fingerprint density at radius 2 is 1.71 bits per heavy atom.